The Hall–Kier alpha value is -0.460. The van der Waals surface area contributed by atoms with Gasteiger partial charge in [-0.25, -0.2) is 0 Å². The quantitative estimate of drug-likeness (QED) is 0.357. The monoisotopic (exact) mass is 316 g/mol. The molecule has 1 heterocycles. The molecule has 1 aliphatic rings. The van der Waals surface area contributed by atoms with E-state index in [9.17, 15) is 15.3 Å². The van der Waals surface area contributed by atoms with E-state index in [0.29, 0.717) is 6.61 Å². The predicted molar refractivity (Wildman–Crippen MR) is 85.7 cm³/mol. The van der Waals surface area contributed by atoms with Gasteiger partial charge in [0.25, 0.3) is 0 Å². The highest BCUT2D eigenvalue weighted by molar-refractivity contribution is 4.88. The Morgan fingerprint density at radius 1 is 1.09 bits per heavy atom. The lowest BCUT2D eigenvalue weighted by Gasteiger charge is -2.24. The molecule has 0 bridgehead atoms. The van der Waals surface area contributed by atoms with Crippen LogP contribution in [0.5, 0.6) is 0 Å². The van der Waals surface area contributed by atoms with Gasteiger partial charge in [-0.05, 0) is 19.3 Å². The molecule has 1 saturated heterocycles. The van der Waals surface area contributed by atoms with E-state index in [0.717, 1.165) is 19.3 Å². The van der Waals surface area contributed by atoms with Crippen LogP contribution < -0.4 is 0 Å². The van der Waals surface area contributed by atoms with Crippen LogP contribution in [0.1, 0.15) is 51.4 Å². The number of hydrogen-bond donors (Lipinski definition) is 3. The van der Waals surface area contributed by atoms with Crippen molar-refractivity contribution in [3.05, 3.63) is 12.7 Å². The molecule has 3 N–H and O–H groups in total. The van der Waals surface area contributed by atoms with Gasteiger partial charge in [-0.2, -0.15) is 0 Å². The number of hydrogen-bond acceptors (Lipinski definition) is 5. The summed E-state index contributed by atoms with van der Waals surface area (Å²) in [4.78, 5) is 0. The van der Waals surface area contributed by atoms with E-state index in [1.54, 1.807) is 0 Å². The van der Waals surface area contributed by atoms with Gasteiger partial charge in [0.05, 0.1) is 13.2 Å². The van der Waals surface area contributed by atoms with Gasteiger partial charge in [0, 0.05) is 6.61 Å². The van der Waals surface area contributed by atoms with Crippen LogP contribution in [-0.4, -0.2) is 59.6 Å². The molecule has 1 aliphatic heterocycles. The minimum atomic E-state index is -0.979. The van der Waals surface area contributed by atoms with Crippen LogP contribution in [0.25, 0.3) is 0 Å². The molecule has 0 radical (unpaired) electrons. The number of allylic oxidation sites excluding steroid dienone is 1. The lowest BCUT2D eigenvalue weighted by molar-refractivity contribution is -0.101. The van der Waals surface area contributed by atoms with Gasteiger partial charge in [-0.3, -0.25) is 0 Å². The third-order valence-electron chi connectivity index (χ3n) is 4.12. The number of rotatable bonds is 13. The molecule has 0 saturated carbocycles. The first kappa shape index (κ1) is 19.6. The van der Waals surface area contributed by atoms with Gasteiger partial charge in [-0.1, -0.05) is 38.2 Å². The van der Waals surface area contributed by atoms with Crippen molar-refractivity contribution in [3.8, 4) is 0 Å². The zero-order valence-electron chi connectivity index (χ0n) is 13.5. The second kappa shape index (κ2) is 12.0. The maximum absolute atomic E-state index is 9.75. The molecule has 1 fully saturated rings. The zero-order chi connectivity index (χ0) is 16.2. The van der Waals surface area contributed by atoms with Crippen molar-refractivity contribution in [1.29, 1.82) is 0 Å². The number of ether oxygens (including phenoxy) is 2. The second-order valence-electron chi connectivity index (χ2n) is 6.00. The van der Waals surface area contributed by atoms with E-state index < -0.39 is 24.4 Å². The number of unbranched alkanes of at least 4 members (excludes halogenated alkanes) is 7. The van der Waals surface area contributed by atoms with Crippen LogP contribution in [-0.2, 0) is 9.47 Å². The lowest BCUT2D eigenvalue weighted by Crippen LogP contribution is -2.42. The zero-order valence-corrected chi connectivity index (χ0v) is 13.5. The van der Waals surface area contributed by atoms with Crippen LogP contribution in [0.15, 0.2) is 12.7 Å². The van der Waals surface area contributed by atoms with E-state index in [2.05, 4.69) is 6.58 Å². The maximum Gasteiger partial charge on any atom is 0.114 e. The Morgan fingerprint density at radius 2 is 1.73 bits per heavy atom. The Labute approximate surface area is 133 Å². The molecule has 5 nitrogen and oxygen atoms in total. The fourth-order valence-electron chi connectivity index (χ4n) is 2.71. The largest absolute Gasteiger partial charge is 0.394 e. The molecule has 5 heteroatoms. The molecule has 0 amide bonds. The van der Waals surface area contributed by atoms with Crippen LogP contribution in [0, 0.1) is 0 Å². The summed E-state index contributed by atoms with van der Waals surface area (Å²) in [5.74, 6) is 0. The van der Waals surface area contributed by atoms with Crippen LogP contribution in [0.3, 0.4) is 0 Å². The first-order valence-electron chi connectivity index (χ1n) is 8.51. The molecule has 0 aromatic rings. The van der Waals surface area contributed by atoms with E-state index >= 15 is 0 Å². The molecule has 0 aliphatic carbocycles. The Kier molecular flexibility index (Phi) is 10.7. The second-order valence-corrected chi connectivity index (χ2v) is 6.00. The van der Waals surface area contributed by atoms with Gasteiger partial charge in [0.2, 0.25) is 0 Å². The summed E-state index contributed by atoms with van der Waals surface area (Å²) < 4.78 is 10.9. The van der Waals surface area contributed by atoms with Gasteiger partial charge in [0.15, 0.2) is 0 Å². The summed E-state index contributed by atoms with van der Waals surface area (Å²) in [5.41, 5.74) is 0. The van der Waals surface area contributed by atoms with Crippen molar-refractivity contribution in [2.45, 2.75) is 75.8 Å². The Balaban J connectivity index is 1.99. The van der Waals surface area contributed by atoms with Gasteiger partial charge < -0.3 is 24.8 Å². The topological polar surface area (TPSA) is 79.2 Å². The fourth-order valence-corrected chi connectivity index (χ4v) is 2.71. The predicted octanol–water partition coefficient (Wildman–Crippen LogP) is 1.79. The Morgan fingerprint density at radius 3 is 2.27 bits per heavy atom. The normalized spacial score (nSPS) is 26.2. The highest BCUT2D eigenvalue weighted by atomic mass is 16.6. The Bertz CT molecular complexity index is 284. The smallest absolute Gasteiger partial charge is 0.114 e. The molecule has 130 valence electrons. The third kappa shape index (κ3) is 7.20. The van der Waals surface area contributed by atoms with E-state index in [1.165, 1.54) is 32.1 Å². The summed E-state index contributed by atoms with van der Waals surface area (Å²) in [6, 6.07) is 0. The van der Waals surface area contributed by atoms with Crippen molar-refractivity contribution in [3.63, 3.8) is 0 Å². The average molecular weight is 316 g/mol. The first-order valence-corrected chi connectivity index (χ1v) is 8.51. The van der Waals surface area contributed by atoms with Crippen LogP contribution >= 0.6 is 0 Å². The van der Waals surface area contributed by atoms with Crippen molar-refractivity contribution in [2.24, 2.45) is 0 Å². The summed E-state index contributed by atoms with van der Waals surface area (Å²) >= 11 is 0. The summed E-state index contributed by atoms with van der Waals surface area (Å²) in [7, 11) is 0. The SMILES string of the molecule is C=CCCCCCCCCCO[C@H](CO)[C@@H]1OC[C@H](O)[C@@H]1O. The molecule has 22 heavy (non-hydrogen) atoms. The maximum atomic E-state index is 9.75. The molecule has 0 aromatic carbocycles. The molecule has 4 atom stereocenters. The highest BCUT2D eigenvalue weighted by Gasteiger charge is 2.40. The fraction of sp³-hybridized carbons (Fsp3) is 0.882. The summed E-state index contributed by atoms with van der Waals surface area (Å²) in [5, 5.41) is 28.5. The lowest BCUT2D eigenvalue weighted by atomic mass is 10.1. The highest BCUT2D eigenvalue weighted by Crippen LogP contribution is 2.20. The van der Waals surface area contributed by atoms with Crippen LogP contribution in [0.4, 0.5) is 0 Å². The van der Waals surface area contributed by atoms with Crippen molar-refractivity contribution in [1.82, 2.24) is 0 Å². The minimum Gasteiger partial charge on any atom is -0.394 e. The van der Waals surface area contributed by atoms with Crippen LogP contribution in [0.2, 0.25) is 0 Å². The van der Waals surface area contributed by atoms with Gasteiger partial charge in [-0.15, -0.1) is 6.58 Å². The van der Waals surface area contributed by atoms with E-state index in [-0.39, 0.29) is 13.2 Å². The van der Waals surface area contributed by atoms with Crippen molar-refractivity contribution >= 4 is 0 Å². The molecular formula is C17H32O5. The molecule has 0 aromatic heterocycles. The standard InChI is InChI=1S/C17H32O5/c1-2-3-4-5-6-7-8-9-10-11-21-15(12-18)17-16(20)14(19)13-22-17/h2,14-20H,1,3-13H2/t14-,15+,16-,17-/m0/s1. The van der Waals surface area contributed by atoms with Gasteiger partial charge >= 0.3 is 0 Å². The van der Waals surface area contributed by atoms with Crippen molar-refractivity contribution in [2.75, 3.05) is 19.8 Å². The molecular weight excluding hydrogens is 284 g/mol. The molecule has 0 spiro atoms. The minimum absolute atomic E-state index is 0.0948. The number of aliphatic hydroxyl groups excluding tert-OH is 3. The van der Waals surface area contributed by atoms with E-state index in [4.69, 9.17) is 9.47 Å². The molecule has 1 rings (SSSR count). The molecule has 0 unspecified atom stereocenters. The van der Waals surface area contributed by atoms with Gasteiger partial charge in [0.1, 0.15) is 24.4 Å². The van der Waals surface area contributed by atoms with Crippen molar-refractivity contribution < 1.29 is 24.8 Å². The summed E-state index contributed by atoms with van der Waals surface area (Å²) in [6.45, 7) is 4.15. The first-order chi connectivity index (χ1) is 10.7. The summed E-state index contributed by atoms with van der Waals surface area (Å²) in [6.07, 6.45) is 8.29. The number of aliphatic hydroxyl groups is 3. The average Bonchev–Trinajstić information content (AvgIpc) is 2.85. The third-order valence-corrected chi connectivity index (χ3v) is 4.12. The van der Waals surface area contributed by atoms with E-state index in [1.807, 2.05) is 6.08 Å².